The molecule has 0 fully saturated rings. The van der Waals surface area contributed by atoms with E-state index >= 15 is 0 Å². The first kappa shape index (κ1) is 19.6. The summed E-state index contributed by atoms with van der Waals surface area (Å²) in [6.07, 6.45) is -1.29. The number of esters is 1. The van der Waals surface area contributed by atoms with Gasteiger partial charge in [-0.2, -0.15) is 4.31 Å². The van der Waals surface area contributed by atoms with Gasteiger partial charge in [-0.15, -0.1) is 0 Å². The quantitative estimate of drug-likeness (QED) is 0.673. The van der Waals surface area contributed by atoms with Crippen LogP contribution in [0.2, 0.25) is 0 Å². The Morgan fingerprint density at radius 3 is 2.29 bits per heavy atom. The number of imide groups is 1. The van der Waals surface area contributed by atoms with E-state index in [2.05, 4.69) is 0 Å². The molecule has 0 spiro atoms. The molecule has 3 amide bonds. The Labute approximate surface area is 139 Å². The summed E-state index contributed by atoms with van der Waals surface area (Å²) in [4.78, 5) is 33.7. The maximum absolute atomic E-state index is 12.3. The van der Waals surface area contributed by atoms with Gasteiger partial charge in [0, 0.05) is 7.05 Å². The van der Waals surface area contributed by atoms with Gasteiger partial charge in [0.2, 0.25) is 10.0 Å². The summed E-state index contributed by atoms with van der Waals surface area (Å²) < 4.78 is 30.2. The van der Waals surface area contributed by atoms with Crippen LogP contribution in [0.1, 0.15) is 12.5 Å². The first-order chi connectivity index (χ1) is 11.0. The molecular weight excluding hydrogens is 338 g/mol. The molecule has 0 radical (unpaired) electrons. The Bertz CT molecular complexity index is 729. The minimum Gasteiger partial charge on any atom is -0.452 e. The van der Waals surface area contributed by atoms with E-state index in [-0.39, 0.29) is 4.90 Å². The zero-order chi connectivity index (χ0) is 18.5. The van der Waals surface area contributed by atoms with Crippen molar-refractivity contribution in [2.45, 2.75) is 24.8 Å². The third-order valence-electron chi connectivity index (χ3n) is 3.00. The van der Waals surface area contributed by atoms with Crippen LogP contribution >= 0.6 is 0 Å². The number of carbonyl (C=O) groups is 3. The van der Waals surface area contributed by atoms with Crippen molar-refractivity contribution in [3.8, 4) is 0 Å². The van der Waals surface area contributed by atoms with Gasteiger partial charge in [0.1, 0.15) is 6.54 Å². The molecule has 1 rings (SSSR count). The molecule has 1 aromatic carbocycles. The third-order valence-corrected chi connectivity index (χ3v) is 4.82. The van der Waals surface area contributed by atoms with E-state index in [1.165, 1.54) is 26.1 Å². The summed E-state index contributed by atoms with van der Waals surface area (Å²) >= 11 is 0. The Hall–Kier alpha value is -2.46. The molecule has 10 heteroatoms. The van der Waals surface area contributed by atoms with Gasteiger partial charge in [0.15, 0.2) is 6.10 Å². The number of nitrogens with zero attached hydrogens (tertiary/aromatic N) is 1. The molecule has 1 aromatic rings. The average Bonchev–Trinajstić information content (AvgIpc) is 2.46. The molecule has 0 saturated carbocycles. The van der Waals surface area contributed by atoms with Gasteiger partial charge in [-0.25, -0.2) is 13.2 Å². The second-order valence-electron chi connectivity index (χ2n) is 5.06. The van der Waals surface area contributed by atoms with Crippen molar-refractivity contribution in [2.75, 3.05) is 13.6 Å². The van der Waals surface area contributed by atoms with Gasteiger partial charge in [-0.1, -0.05) is 17.7 Å². The lowest BCUT2D eigenvalue weighted by atomic mass is 10.2. The average molecular weight is 357 g/mol. The van der Waals surface area contributed by atoms with Crippen LogP contribution < -0.4 is 11.1 Å². The Kier molecular flexibility index (Phi) is 6.43. The van der Waals surface area contributed by atoms with Gasteiger partial charge in [-0.3, -0.25) is 14.9 Å². The van der Waals surface area contributed by atoms with Crippen LogP contribution in [0, 0.1) is 6.92 Å². The minimum atomic E-state index is -3.87. The second kappa shape index (κ2) is 7.88. The molecule has 0 heterocycles. The topological polar surface area (TPSA) is 136 Å². The van der Waals surface area contributed by atoms with Gasteiger partial charge >= 0.3 is 12.0 Å². The van der Waals surface area contributed by atoms with Crippen LogP contribution in [0.25, 0.3) is 0 Å². The number of carbonyl (C=O) groups excluding carboxylic acids is 3. The largest absolute Gasteiger partial charge is 0.452 e. The number of likely N-dealkylation sites (N-methyl/N-ethyl adjacent to an activating group) is 1. The highest BCUT2D eigenvalue weighted by atomic mass is 32.2. The first-order valence-corrected chi connectivity index (χ1v) is 8.31. The van der Waals surface area contributed by atoms with Crippen LogP contribution in [-0.4, -0.2) is 50.3 Å². The van der Waals surface area contributed by atoms with E-state index in [1.54, 1.807) is 17.4 Å². The molecule has 0 aliphatic heterocycles. The molecule has 0 unspecified atom stereocenters. The summed E-state index contributed by atoms with van der Waals surface area (Å²) in [5.41, 5.74) is 5.67. The van der Waals surface area contributed by atoms with Crippen molar-refractivity contribution in [3.05, 3.63) is 29.8 Å². The number of ether oxygens (including phenoxy) is 1. The van der Waals surface area contributed by atoms with Crippen molar-refractivity contribution in [2.24, 2.45) is 5.73 Å². The lowest BCUT2D eigenvalue weighted by Crippen LogP contribution is -2.43. The van der Waals surface area contributed by atoms with Crippen molar-refractivity contribution in [1.29, 1.82) is 0 Å². The highest BCUT2D eigenvalue weighted by Crippen LogP contribution is 2.15. The Morgan fingerprint density at radius 1 is 1.25 bits per heavy atom. The molecule has 0 aliphatic rings. The maximum Gasteiger partial charge on any atom is 0.322 e. The van der Waals surface area contributed by atoms with E-state index in [0.29, 0.717) is 0 Å². The van der Waals surface area contributed by atoms with Crippen molar-refractivity contribution < 1.29 is 27.5 Å². The van der Waals surface area contributed by atoms with E-state index in [1.807, 2.05) is 6.92 Å². The molecule has 3 N–H and O–H groups in total. The fraction of sp³-hybridized carbons (Fsp3) is 0.357. The molecule has 0 aromatic heterocycles. The lowest BCUT2D eigenvalue weighted by molar-refractivity contribution is -0.154. The summed E-state index contributed by atoms with van der Waals surface area (Å²) in [6, 6.07) is 5.04. The summed E-state index contributed by atoms with van der Waals surface area (Å²) in [5.74, 6) is -1.85. The summed E-state index contributed by atoms with van der Waals surface area (Å²) in [5, 5.41) is 1.75. The highest BCUT2D eigenvalue weighted by molar-refractivity contribution is 7.89. The first-order valence-electron chi connectivity index (χ1n) is 6.87. The number of primary amides is 1. The molecule has 0 saturated heterocycles. The smallest absolute Gasteiger partial charge is 0.322 e. The number of aryl methyl sites for hydroxylation is 1. The predicted molar refractivity (Wildman–Crippen MR) is 84.3 cm³/mol. The molecule has 132 valence electrons. The van der Waals surface area contributed by atoms with E-state index in [0.717, 1.165) is 9.87 Å². The fourth-order valence-electron chi connectivity index (χ4n) is 1.67. The zero-order valence-corrected chi connectivity index (χ0v) is 14.3. The molecular formula is C14H19N3O6S. The van der Waals surface area contributed by atoms with Crippen molar-refractivity contribution in [1.82, 2.24) is 9.62 Å². The minimum absolute atomic E-state index is 0.0305. The van der Waals surface area contributed by atoms with Crippen LogP contribution in [0.3, 0.4) is 0 Å². The van der Waals surface area contributed by atoms with E-state index < -0.39 is 40.6 Å². The molecule has 24 heavy (non-hydrogen) atoms. The number of sulfonamides is 1. The monoisotopic (exact) mass is 357 g/mol. The second-order valence-corrected chi connectivity index (χ2v) is 7.10. The normalized spacial score (nSPS) is 12.5. The Balaban J connectivity index is 2.70. The standard InChI is InChI=1S/C14H19N3O6S/c1-9-4-6-11(7-5-9)24(21,22)17(3)8-12(18)23-10(2)13(19)16-14(15)20/h4-7,10H,8H2,1-3H3,(H3,15,16,19,20)/t10-/m1/s1. The van der Waals surface area contributed by atoms with Crippen molar-refractivity contribution in [3.63, 3.8) is 0 Å². The van der Waals surface area contributed by atoms with Gasteiger partial charge in [0.25, 0.3) is 5.91 Å². The molecule has 0 bridgehead atoms. The van der Waals surface area contributed by atoms with Crippen LogP contribution in [0.5, 0.6) is 0 Å². The fourth-order valence-corrected chi connectivity index (χ4v) is 2.78. The highest BCUT2D eigenvalue weighted by Gasteiger charge is 2.25. The summed E-state index contributed by atoms with van der Waals surface area (Å²) in [6.45, 7) is 2.45. The number of nitrogens with two attached hydrogens (primary N) is 1. The number of benzene rings is 1. The lowest BCUT2D eigenvalue weighted by Gasteiger charge is -2.18. The van der Waals surface area contributed by atoms with Crippen molar-refractivity contribution >= 4 is 27.9 Å². The van der Waals surface area contributed by atoms with Crippen LogP contribution in [0.4, 0.5) is 4.79 Å². The number of nitrogens with one attached hydrogen (secondary N) is 1. The van der Waals surface area contributed by atoms with E-state index in [4.69, 9.17) is 10.5 Å². The van der Waals surface area contributed by atoms with Gasteiger partial charge in [0.05, 0.1) is 4.90 Å². The summed E-state index contributed by atoms with van der Waals surface area (Å²) in [7, 11) is -2.66. The zero-order valence-electron chi connectivity index (χ0n) is 13.5. The van der Waals surface area contributed by atoms with Gasteiger partial charge in [-0.05, 0) is 26.0 Å². The molecule has 1 atom stereocenters. The predicted octanol–water partition coefficient (Wildman–Crippen LogP) is -0.258. The third kappa shape index (κ3) is 5.32. The van der Waals surface area contributed by atoms with Crippen LogP contribution in [-0.2, 0) is 24.3 Å². The SMILES string of the molecule is Cc1ccc(S(=O)(=O)N(C)CC(=O)O[C@H](C)C(=O)NC(N)=O)cc1. The van der Waals surface area contributed by atoms with E-state index in [9.17, 15) is 22.8 Å². The Morgan fingerprint density at radius 2 is 1.79 bits per heavy atom. The maximum atomic E-state index is 12.3. The number of urea groups is 1. The van der Waals surface area contributed by atoms with Crippen LogP contribution in [0.15, 0.2) is 29.2 Å². The molecule has 9 nitrogen and oxygen atoms in total. The number of amides is 3. The number of hydrogen-bond donors (Lipinski definition) is 2. The van der Waals surface area contributed by atoms with Gasteiger partial charge < -0.3 is 10.5 Å². The number of hydrogen-bond acceptors (Lipinski definition) is 6. The molecule has 0 aliphatic carbocycles. The number of rotatable bonds is 6.